The van der Waals surface area contributed by atoms with E-state index in [1.807, 2.05) is 37.3 Å². The van der Waals surface area contributed by atoms with E-state index < -0.39 is 0 Å². The molecule has 5 nitrogen and oxygen atoms in total. The second kappa shape index (κ2) is 8.42. The van der Waals surface area contributed by atoms with Crippen molar-refractivity contribution in [2.24, 2.45) is 5.92 Å². The fourth-order valence-electron chi connectivity index (χ4n) is 3.25. The number of hydrogen-bond acceptors (Lipinski definition) is 4. The van der Waals surface area contributed by atoms with Crippen molar-refractivity contribution in [3.05, 3.63) is 69.0 Å². The molecule has 0 atom stereocenters. The van der Waals surface area contributed by atoms with Gasteiger partial charge in [-0.05, 0) is 43.2 Å². The van der Waals surface area contributed by atoms with Crippen LogP contribution >= 0.6 is 34.8 Å². The Labute approximate surface area is 189 Å². The molecule has 0 radical (unpaired) electrons. The van der Waals surface area contributed by atoms with Crippen molar-refractivity contribution in [2.45, 2.75) is 27.2 Å². The van der Waals surface area contributed by atoms with Gasteiger partial charge in [0.1, 0.15) is 0 Å². The SMILES string of the molecule is Cc1c(-c2nnc(CC(C)C)o2)nn(-c2ccc(Cl)cc2Cl)c1-c1ccc(Cl)cc1. The first-order valence-corrected chi connectivity index (χ1v) is 10.6. The van der Waals surface area contributed by atoms with Crippen LogP contribution in [-0.2, 0) is 6.42 Å². The maximum Gasteiger partial charge on any atom is 0.268 e. The van der Waals surface area contributed by atoms with Crippen molar-refractivity contribution < 1.29 is 4.42 Å². The van der Waals surface area contributed by atoms with Crippen molar-refractivity contribution >= 4 is 34.8 Å². The highest BCUT2D eigenvalue weighted by molar-refractivity contribution is 6.35. The molecule has 0 aliphatic carbocycles. The Morgan fingerprint density at radius 1 is 0.967 bits per heavy atom. The lowest BCUT2D eigenvalue weighted by Crippen LogP contribution is -2.00. The molecule has 0 N–H and O–H groups in total. The molecule has 0 bridgehead atoms. The zero-order chi connectivity index (χ0) is 21.4. The second-order valence-corrected chi connectivity index (χ2v) is 8.72. The van der Waals surface area contributed by atoms with Crippen LogP contribution in [0.5, 0.6) is 0 Å². The van der Waals surface area contributed by atoms with Crippen LogP contribution in [0.15, 0.2) is 46.9 Å². The fraction of sp³-hybridized carbons (Fsp3) is 0.227. The average Bonchev–Trinajstić information content (AvgIpc) is 3.26. The molecule has 30 heavy (non-hydrogen) atoms. The highest BCUT2D eigenvalue weighted by Gasteiger charge is 2.23. The molecule has 0 aliphatic heterocycles. The molecule has 0 saturated carbocycles. The summed E-state index contributed by atoms with van der Waals surface area (Å²) in [6.07, 6.45) is 0.708. The standard InChI is InChI=1S/C22H19Cl3N4O/c1-12(2)10-19-26-27-22(30-19)20-13(3)21(14-4-6-15(23)7-5-14)29(28-20)18-9-8-16(24)11-17(18)25/h4-9,11-12H,10H2,1-3H3. The van der Waals surface area contributed by atoms with Crippen LogP contribution in [-0.4, -0.2) is 20.0 Å². The van der Waals surface area contributed by atoms with Gasteiger partial charge in [0.05, 0.1) is 16.4 Å². The van der Waals surface area contributed by atoms with E-state index >= 15 is 0 Å². The maximum absolute atomic E-state index is 6.50. The molecule has 154 valence electrons. The van der Waals surface area contributed by atoms with E-state index in [4.69, 9.17) is 44.3 Å². The Morgan fingerprint density at radius 3 is 2.33 bits per heavy atom. The van der Waals surface area contributed by atoms with E-state index in [0.29, 0.717) is 50.6 Å². The van der Waals surface area contributed by atoms with Crippen LogP contribution in [0.4, 0.5) is 0 Å². The minimum absolute atomic E-state index is 0.377. The summed E-state index contributed by atoms with van der Waals surface area (Å²) < 4.78 is 7.67. The minimum atomic E-state index is 0.377. The van der Waals surface area contributed by atoms with Gasteiger partial charge in [-0.15, -0.1) is 10.2 Å². The molecule has 2 aromatic heterocycles. The Balaban J connectivity index is 1.91. The Kier molecular flexibility index (Phi) is 5.87. The van der Waals surface area contributed by atoms with Gasteiger partial charge < -0.3 is 4.42 Å². The summed E-state index contributed by atoms with van der Waals surface area (Å²) >= 11 is 18.7. The lowest BCUT2D eigenvalue weighted by Gasteiger charge is -2.11. The molecular weight excluding hydrogens is 443 g/mol. The van der Waals surface area contributed by atoms with E-state index in [0.717, 1.165) is 16.8 Å². The van der Waals surface area contributed by atoms with Gasteiger partial charge in [-0.2, -0.15) is 5.10 Å². The van der Waals surface area contributed by atoms with E-state index in [-0.39, 0.29) is 0 Å². The zero-order valence-corrected chi connectivity index (χ0v) is 18.9. The molecule has 2 aromatic carbocycles. The first-order valence-electron chi connectivity index (χ1n) is 9.47. The highest BCUT2D eigenvalue weighted by Crippen LogP contribution is 2.36. The van der Waals surface area contributed by atoms with E-state index in [1.54, 1.807) is 16.8 Å². The summed E-state index contributed by atoms with van der Waals surface area (Å²) in [6, 6.07) is 12.8. The van der Waals surface area contributed by atoms with Crippen LogP contribution in [0.3, 0.4) is 0 Å². The predicted molar refractivity (Wildman–Crippen MR) is 121 cm³/mol. The van der Waals surface area contributed by atoms with Gasteiger partial charge in [0.2, 0.25) is 5.89 Å². The third-order valence-electron chi connectivity index (χ3n) is 4.63. The van der Waals surface area contributed by atoms with Crippen LogP contribution in [0.1, 0.15) is 25.3 Å². The van der Waals surface area contributed by atoms with Crippen LogP contribution in [0.2, 0.25) is 15.1 Å². The van der Waals surface area contributed by atoms with Crippen molar-refractivity contribution in [2.75, 3.05) is 0 Å². The van der Waals surface area contributed by atoms with Crippen LogP contribution in [0.25, 0.3) is 28.5 Å². The summed E-state index contributed by atoms with van der Waals surface area (Å²) in [4.78, 5) is 0. The van der Waals surface area contributed by atoms with Crippen molar-refractivity contribution in [3.8, 4) is 28.5 Å². The summed E-state index contributed by atoms with van der Waals surface area (Å²) in [7, 11) is 0. The van der Waals surface area contributed by atoms with Crippen molar-refractivity contribution in [1.29, 1.82) is 0 Å². The lowest BCUT2D eigenvalue weighted by molar-refractivity contribution is 0.465. The van der Waals surface area contributed by atoms with Gasteiger partial charge in [0.25, 0.3) is 5.89 Å². The molecule has 2 heterocycles. The topological polar surface area (TPSA) is 56.7 Å². The molecule has 0 amide bonds. The number of aromatic nitrogens is 4. The number of nitrogens with zero attached hydrogens (tertiary/aromatic N) is 4. The molecule has 0 aliphatic rings. The molecule has 4 rings (SSSR count). The third kappa shape index (κ3) is 4.10. The largest absolute Gasteiger partial charge is 0.419 e. The van der Waals surface area contributed by atoms with Crippen LogP contribution < -0.4 is 0 Å². The molecule has 8 heteroatoms. The van der Waals surface area contributed by atoms with E-state index in [9.17, 15) is 0 Å². The Bertz CT molecular complexity index is 1200. The van der Waals surface area contributed by atoms with Gasteiger partial charge in [-0.1, -0.05) is 60.8 Å². The fourth-order valence-corrected chi connectivity index (χ4v) is 3.87. The van der Waals surface area contributed by atoms with Crippen molar-refractivity contribution in [3.63, 3.8) is 0 Å². The molecule has 0 saturated heterocycles. The predicted octanol–water partition coefficient (Wildman–Crippen LogP) is 7.06. The average molecular weight is 462 g/mol. The molecule has 0 unspecified atom stereocenters. The summed E-state index contributed by atoms with van der Waals surface area (Å²) in [5, 5.41) is 14.9. The number of benzene rings is 2. The van der Waals surface area contributed by atoms with Gasteiger partial charge in [0, 0.05) is 27.6 Å². The first-order chi connectivity index (χ1) is 14.3. The molecule has 4 aromatic rings. The minimum Gasteiger partial charge on any atom is -0.419 e. The lowest BCUT2D eigenvalue weighted by atomic mass is 10.1. The highest BCUT2D eigenvalue weighted by atomic mass is 35.5. The van der Waals surface area contributed by atoms with Gasteiger partial charge >= 0.3 is 0 Å². The van der Waals surface area contributed by atoms with Gasteiger partial charge in [-0.25, -0.2) is 4.68 Å². The van der Waals surface area contributed by atoms with E-state index in [2.05, 4.69) is 24.0 Å². The molecular formula is C22H19Cl3N4O. The molecule has 0 spiro atoms. The third-order valence-corrected chi connectivity index (χ3v) is 5.42. The smallest absolute Gasteiger partial charge is 0.268 e. The summed E-state index contributed by atoms with van der Waals surface area (Å²) in [5.41, 5.74) is 3.98. The Hall–Kier alpha value is -2.34. The molecule has 0 fully saturated rings. The normalized spacial score (nSPS) is 11.4. The van der Waals surface area contributed by atoms with Gasteiger partial charge in [-0.3, -0.25) is 0 Å². The maximum atomic E-state index is 6.50. The second-order valence-electron chi connectivity index (χ2n) is 7.44. The number of halogens is 3. The first kappa shape index (κ1) is 20.9. The number of rotatable bonds is 5. The monoisotopic (exact) mass is 460 g/mol. The van der Waals surface area contributed by atoms with Crippen LogP contribution in [0, 0.1) is 12.8 Å². The van der Waals surface area contributed by atoms with E-state index in [1.165, 1.54) is 0 Å². The van der Waals surface area contributed by atoms with Gasteiger partial charge in [0.15, 0.2) is 5.69 Å². The Morgan fingerprint density at radius 2 is 1.67 bits per heavy atom. The summed E-state index contributed by atoms with van der Waals surface area (Å²) in [5.74, 6) is 1.38. The quantitative estimate of drug-likeness (QED) is 0.319. The zero-order valence-electron chi connectivity index (χ0n) is 16.7. The summed E-state index contributed by atoms with van der Waals surface area (Å²) in [6.45, 7) is 6.18. The number of hydrogen-bond donors (Lipinski definition) is 0. The van der Waals surface area contributed by atoms with Crippen molar-refractivity contribution in [1.82, 2.24) is 20.0 Å².